The molecule has 0 bridgehead atoms. The van der Waals surface area contributed by atoms with E-state index in [-0.39, 0.29) is 35.4 Å². The van der Waals surface area contributed by atoms with Gasteiger partial charge in [-0.3, -0.25) is 34.2 Å². The molecule has 9 nitrogen and oxygen atoms in total. The molecular formula is C18H13N3O6. The van der Waals surface area contributed by atoms with Crippen LogP contribution in [-0.2, 0) is 9.59 Å². The number of fused-ring (bicyclic) bond motifs is 1. The number of nitrogens with one attached hydrogen (secondary N) is 2. The van der Waals surface area contributed by atoms with Crippen LogP contribution in [0.5, 0.6) is 0 Å². The van der Waals surface area contributed by atoms with E-state index in [1.54, 1.807) is 6.07 Å². The number of imide groups is 2. The van der Waals surface area contributed by atoms with Gasteiger partial charge in [0.05, 0.1) is 23.1 Å². The molecule has 9 heteroatoms. The molecule has 136 valence electrons. The summed E-state index contributed by atoms with van der Waals surface area (Å²) in [6.45, 7) is 0. The van der Waals surface area contributed by atoms with E-state index in [1.807, 2.05) is 0 Å². The number of benzene rings is 1. The average Bonchev–Trinajstić information content (AvgIpc) is 3.25. The summed E-state index contributed by atoms with van der Waals surface area (Å²) in [7, 11) is 0. The molecule has 0 radical (unpaired) electrons. The highest BCUT2D eigenvalue weighted by molar-refractivity contribution is 6.26. The Morgan fingerprint density at radius 2 is 1.93 bits per heavy atom. The lowest BCUT2D eigenvalue weighted by molar-refractivity contribution is -0.136. The topological polar surface area (TPSA) is 126 Å². The zero-order valence-electron chi connectivity index (χ0n) is 13.9. The van der Waals surface area contributed by atoms with E-state index in [9.17, 15) is 24.0 Å². The molecule has 0 spiro atoms. The molecule has 5 amide bonds. The summed E-state index contributed by atoms with van der Waals surface area (Å²) in [4.78, 5) is 62.1. The quantitative estimate of drug-likeness (QED) is 0.778. The van der Waals surface area contributed by atoms with Gasteiger partial charge in [-0.05, 0) is 30.7 Å². The lowest BCUT2D eigenvalue weighted by Crippen LogP contribution is -2.54. The van der Waals surface area contributed by atoms with Gasteiger partial charge in [0.1, 0.15) is 6.04 Å². The van der Waals surface area contributed by atoms with Crippen molar-refractivity contribution >= 4 is 35.2 Å². The number of nitrogens with zero attached hydrogens (tertiary/aromatic N) is 1. The van der Waals surface area contributed by atoms with Gasteiger partial charge in [0.15, 0.2) is 5.76 Å². The first-order chi connectivity index (χ1) is 13.0. The summed E-state index contributed by atoms with van der Waals surface area (Å²) < 4.78 is 5.02. The van der Waals surface area contributed by atoms with Crippen molar-refractivity contribution in [3.05, 3.63) is 53.5 Å². The third-order valence-corrected chi connectivity index (χ3v) is 4.46. The molecule has 27 heavy (non-hydrogen) atoms. The number of amides is 5. The molecular weight excluding hydrogens is 354 g/mol. The third-order valence-electron chi connectivity index (χ3n) is 4.46. The fraction of sp³-hybridized carbons (Fsp3) is 0.167. The van der Waals surface area contributed by atoms with Gasteiger partial charge in [-0.15, -0.1) is 0 Å². The van der Waals surface area contributed by atoms with Crippen LogP contribution in [-0.4, -0.2) is 40.5 Å². The largest absolute Gasteiger partial charge is 0.459 e. The molecule has 0 aliphatic carbocycles. The van der Waals surface area contributed by atoms with Crippen LogP contribution in [0.15, 0.2) is 41.0 Å². The number of anilines is 1. The van der Waals surface area contributed by atoms with Crippen molar-refractivity contribution in [1.82, 2.24) is 10.2 Å². The molecule has 2 aliphatic heterocycles. The lowest BCUT2D eigenvalue weighted by atomic mass is 10.0. The monoisotopic (exact) mass is 367 g/mol. The predicted octanol–water partition coefficient (Wildman–Crippen LogP) is 0.933. The van der Waals surface area contributed by atoms with Crippen LogP contribution >= 0.6 is 0 Å². The molecule has 1 aromatic carbocycles. The Kier molecular flexibility index (Phi) is 3.84. The van der Waals surface area contributed by atoms with Gasteiger partial charge in [-0.1, -0.05) is 6.07 Å². The number of hydrogen-bond donors (Lipinski definition) is 2. The van der Waals surface area contributed by atoms with Gasteiger partial charge < -0.3 is 9.73 Å². The van der Waals surface area contributed by atoms with Crippen molar-refractivity contribution in [2.24, 2.45) is 0 Å². The molecule has 3 heterocycles. The standard InChI is InChI=1S/C18H13N3O6/c22-13-7-6-11(15(23)20-13)21-17(25)9-3-1-4-10(14(9)18(21)26)19-16(24)12-5-2-8-27-12/h1-5,8,11H,6-7H2,(H,19,24)(H,20,22,23). The zero-order chi connectivity index (χ0) is 19.1. The van der Waals surface area contributed by atoms with Gasteiger partial charge in [0.25, 0.3) is 17.7 Å². The number of carbonyl (C=O) groups is 5. The van der Waals surface area contributed by atoms with E-state index in [4.69, 9.17) is 4.42 Å². The van der Waals surface area contributed by atoms with Crippen molar-refractivity contribution in [2.75, 3.05) is 5.32 Å². The highest BCUT2D eigenvalue weighted by Gasteiger charge is 2.45. The molecule has 1 atom stereocenters. The minimum Gasteiger partial charge on any atom is -0.459 e. The molecule has 1 aromatic heterocycles. The number of rotatable bonds is 3. The van der Waals surface area contributed by atoms with Crippen LogP contribution < -0.4 is 10.6 Å². The van der Waals surface area contributed by atoms with E-state index in [2.05, 4.69) is 10.6 Å². The van der Waals surface area contributed by atoms with Gasteiger partial charge >= 0.3 is 0 Å². The Labute approximate surface area is 152 Å². The maximum atomic E-state index is 12.9. The summed E-state index contributed by atoms with van der Waals surface area (Å²) in [6.07, 6.45) is 1.43. The smallest absolute Gasteiger partial charge is 0.291 e. The predicted molar refractivity (Wildman–Crippen MR) is 89.8 cm³/mol. The van der Waals surface area contributed by atoms with Crippen LogP contribution in [0.3, 0.4) is 0 Å². The minimum atomic E-state index is -1.07. The van der Waals surface area contributed by atoms with Crippen molar-refractivity contribution in [3.8, 4) is 0 Å². The maximum absolute atomic E-state index is 12.9. The first kappa shape index (κ1) is 16.7. The molecule has 1 saturated heterocycles. The average molecular weight is 367 g/mol. The molecule has 0 saturated carbocycles. The normalized spacial score (nSPS) is 19.1. The number of furan rings is 1. The van der Waals surface area contributed by atoms with E-state index in [0.29, 0.717) is 0 Å². The van der Waals surface area contributed by atoms with Gasteiger partial charge in [-0.2, -0.15) is 0 Å². The van der Waals surface area contributed by atoms with Crippen molar-refractivity contribution < 1.29 is 28.4 Å². The van der Waals surface area contributed by atoms with Gasteiger partial charge in [0.2, 0.25) is 11.8 Å². The van der Waals surface area contributed by atoms with Gasteiger partial charge in [0, 0.05) is 6.42 Å². The van der Waals surface area contributed by atoms with Crippen molar-refractivity contribution in [3.63, 3.8) is 0 Å². The second kappa shape index (κ2) is 6.20. The Bertz CT molecular complexity index is 995. The Morgan fingerprint density at radius 1 is 1.11 bits per heavy atom. The summed E-state index contributed by atoms with van der Waals surface area (Å²) in [5.74, 6) is -3.00. The van der Waals surface area contributed by atoms with E-state index in [0.717, 1.165) is 4.90 Å². The summed E-state index contributed by atoms with van der Waals surface area (Å²) in [6, 6.07) is 6.40. The Hall–Kier alpha value is -3.75. The fourth-order valence-electron chi connectivity index (χ4n) is 3.21. The fourth-order valence-corrected chi connectivity index (χ4v) is 3.21. The molecule has 1 unspecified atom stereocenters. The number of carbonyl (C=O) groups excluding carboxylic acids is 5. The summed E-state index contributed by atoms with van der Waals surface area (Å²) in [5, 5.41) is 4.68. The summed E-state index contributed by atoms with van der Waals surface area (Å²) in [5.41, 5.74) is 0.232. The van der Waals surface area contributed by atoms with E-state index >= 15 is 0 Å². The highest BCUT2D eigenvalue weighted by Crippen LogP contribution is 2.32. The second-order valence-electron chi connectivity index (χ2n) is 6.11. The SMILES string of the molecule is O=C1CCC(N2C(=O)c3cccc(NC(=O)c4ccco4)c3C2=O)C(=O)N1. The Balaban J connectivity index is 1.66. The first-order valence-corrected chi connectivity index (χ1v) is 8.17. The Morgan fingerprint density at radius 3 is 2.63 bits per heavy atom. The molecule has 1 fully saturated rings. The summed E-state index contributed by atoms with van der Waals surface area (Å²) >= 11 is 0. The molecule has 2 N–H and O–H groups in total. The van der Waals surface area contributed by atoms with Crippen molar-refractivity contribution in [2.45, 2.75) is 18.9 Å². The highest BCUT2D eigenvalue weighted by atomic mass is 16.3. The number of piperidine rings is 1. The molecule has 2 aromatic rings. The number of hydrogen-bond acceptors (Lipinski definition) is 6. The van der Waals surface area contributed by atoms with Crippen LogP contribution in [0.1, 0.15) is 44.1 Å². The lowest BCUT2D eigenvalue weighted by Gasteiger charge is -2.27. The maximum Gasteiger partial charge on any atom is 0.291 e. The van der Waals surface area contributed by atoms with Crippen molar-refractivity contribution in [1.29, 1.82) is 0 Å². The van der Waals surface area contributed by atoms with E-state index < -0.39 is 35.6 Å². The molecule has 2 aliphatic rings. The van der Waals surface area contributed by atoms with Crippen LogP contribution in [0.25, 0.3) is 0 Å². The first-order valence-electron chi connectivity index (χ1n) is 8.17. The van der Waals surface area contributed by atoms with Crippen LogP contribution in [0.4, 0.5) is 5.69 Å². The zero-order valence-corrected chi connectivity index (χ0v) is 13.9. The minimum absolute atomic E-state index is 0.00658. The molecule has 4 rings (SSSR count). The van der Waals surface area contributed by atoms with Gasteiger partial charge in [-0.25, -0.2) is 0 Å². The third kappa shape index (κ3) is 2.69. The van der Waals surface area contributed by atoms with Crippen LogP contribution in [0, 0.1) is 0 Å². The van der Waals surface area contributed by atoms with Crippen LogP contribution in [0.2, 0.25) is 0 Å². The van der Waals surface area contributed by atoms with E-state index in [1.165, 1.54) is 30.5 Å². The second-order valence-corrected chi connectivity index (χ2v) is 6.11.